The highest BCUT2D eigenvalue weighted by Gasteiger charge is 2.25. The van der Waals surface area contributed by atoms with E-state index in [-0.39, 0.29) is 11.9 Å². The molecule has 0 fully saturated rings. The molecule has 1 aromatic heterocycles. The standard InChI is InChI=1S/C24H29N3O3/c1-6-17(2)26(19(4)28)16-21-18(3)25-27(20-12-8-7-9-13-20)24(21)30-23-15-11-10-14-22(23)29-5/h7-15,17H,6,16H2,1-5H3/t17-/m1/s1. The van der Waals surface area contributed by atoms with Gasteiger partial charge in [0.15, 0.2) is 11.5 Å². The molecule has 0 aliphatic heterocycles. The molecule has 1 heterocycles. The molecule has 3 aromatic rings. The number of methoxy groups -OCH3 is 1. The molecule has 0 aliphatic rings. The van der Waals surface area contributed by atoms with Crippen LogP contribution >= 0.6 is 0 Å². The number of nitrogens with zero attached hydrogens (tertiary/aromatic N) is 3. The third kappa shape index (κ3) is 4.48. The molecule has 0 radical (unpaired) electrons. The van der Waals surface area contributed by atoms with E-state index in [0.717, 1.165) is 23.4 Å². The van der Waals surface area contributed by atoms with E-state index >= 15 is 0 Å². The summed E-state index contributed by atoms with van der Waals surface area (Å²) in [5.74, 6) is 1.83. The second-order valence-corrected chi connectivity index (χ2v) is 7.27. The summed E-state index contributed by atoms with van der Waals surface area (Å²) < 4.78 is 13.6. The SMILES string of the molecule is CC[C@@H](C)N(Cc1c(C)nn(-c2ccccc2)c1Oc1ccccc1OC)C(C)=O. The average Bonchev–Trinajstić information content (AvgIpc) is 3.07. The van der Waals surface area contributed by atoms with Gasteiger partial charge in [0, 0.05) is 13.0 Å². The number of benzene rings is 2. The minimum absolute atomic E-state index is 0.0273. The van der Waals surface area contributed by atoms with Gasteiger partial charge < -0.3 is 14.4 Å². The Bertz CT molecular complexity index is 998. The van der Waals surface area contributed by atoms with Gasteiger partial charge in [-0.3, -0.25) is 4.79 Å². The summed E-state index contributed by atoms with van der Waals surface area (Å²) in [6.45, 7) is 8.10. The number of amides is 1. The smallest absolute Gasteiger partial charge is 0.228 e. The molecular weight excluding hydrogens is 378 g/mol. The van der Waals surface area contributed by atoms with Crippen LogP contribution in [-0.4, -0.2) is 33.7 Å². The van der Waals surface area contributed by atoms with Crippen LogP contribution in [0.2, 0.25) is 0 Å². The summed E-state index contributed by atoms with van der Waals surface area (Å²) in [5.41, 5.74) is 2.58. The lowest BCUT2D eigenvalue weighted by atomic mass is 10.1. The van der Waals surface area contributed by atoms with Crippen LogP contribution in [0.25, 0.3) is 5.69 Å². The first-order valence-corrected chi connectivity index (χ1v) is 10.2. The Balaban J connectivity index is 2.12. The molecule has 1 atom stereocenters. The summed E-state index contributed by atoms with van der Waals surface area (Å²) >= 11 is 0. The van der Waals surface area contributed by atoms with E-state index in [4.69, 9.17) is 14.6 Å². The highest BCUT2D eigenvalue weighted by Crippen LogP contribution is 2.36. The number of carbonyl (C=O) groups is 1. The molecule has 0 spiro atoms. The maximum absolute atomic E-state index is 12.3. The van der Waals surface area contributed by atoms with E-state index in [1.54, 1.807) is 18.7 Å². The minimum Gasteiger partial charge on any atom is -0.493 e. The molecule has 0 aliphatic carbocycles. The first kappa shape index (κ1) is 21.4. The van der Waals surface area contributed by atoms with E-state index < -0.39 is 0 Å². The zero-order valence-electron chi connectivity index (χ0n) is 18.3. The molecule has 0 N–H and O–H groups in total. The molecule has 6 heteroatoms. The molecule has 30 heavy (non-hydrogen) atoms. The zero-order valence-corrected chi connectivity index (χ0v) is 18.3. The van der Waals surface area contributed by atoms with Crippen molar-refractivity contribution in [2.45, 2.75) is 46.7 Å². The van der Waals surface area contributed by atoms with Gasteiger partial charge in [0.25, 0.3) is 0 Å². The molecule has 2 aromatic carbocycles. The van der Waals surface area contributed by atoms with Crippen molar-refractivity contribution in [1.29, 1.82) is 0 Å². The highest BCUT2D eigenvalue weighted by atomic mass is 16.5. The normalized spacial score (nSPS) is 11.8. The lowest BCUT2D eigenvalue weighted by Gasteiger charge is -2.27. The van der Waals surface area contributed by atoms with Gasteiger partial charge in [-0.25, -0.2) is 4.68 Å². The van der Waals surface area contributed by atoms with Gasteiger partial charge in [-0.1, -0.05) is 37.3 Å². The van der Waals surface area contributed by atoms with Crippen molar-refractivity contribution in [2.24, 2.45) is 0 Å². The lowest BCUT2D eigenvalue weighted by molar-refractivity contribution is -0.131. The number of carbonyl (C=O) groups excluding carboxylic acids is 1. The van der Waals surface area contributed by atoms with Crippen LogP contribution in [0.1, 0.15) is 38.4 Å². The second-order valence-electron chi connectivity index (χ2n) is 7.27. The van der Waals surface area contributed by atoms with E-state index in [2.05, 4.69) is 13.8 Å². The zero-order chi connectivity index (χ0) is 21.7. The fraction of sp³-hybridized carbons (Fsp3) is 0.333. The molecule has 0 saturated heterocycles. The minimum atomic E-state index is 0.0273. The number of para-hydroxylation sites is 3. The Morgan fingerprint density at radius 3 is 2.33 bits per heavy atom. The molecule has 158 valence electrons. The predicted molar refractivity (Wildman–Crippen MR) is 117 cm³/mol. The quantitative estimate of drug-likeness (QED) is 0.519. The van der Waals surface area contributed by atoms with Crippen LogP contribution in [-0.2, 0) is 11.3 Å². The first-order valence-electron chi connectivity index (χ1n) is 10.2. The maximum Gasteiger partial charge on any atom is 0.228 e. The number of ether oxygens (including phenoxy) is 2. The van der Waals surface area contributed by atoms with Crippen LogP contribution in [0, 0.1) is 6.92 Å². The van der Waals surface area contributed by atoms with Crippen LogP contribution in [0.3, 0.4) is 0 Å². The molecule has 0 unspecified atom stereocenters. The Hall–Kier alpha value is -3.28. The molecular formula is C24H29N3O3. The van der Waals surface area contributed by atoms with Gasteiger partial charge in [-0.15, -0.1) is 0 Å². The van der Waals surface area contributed by atoms with Gasteiger partial charge in [0.05, 0.1) is 30.6 Å². The van der Waals surface area contributed by atoms with Crippen molar-refractivity contribution in [3.05, 3.63) is 65.9 Å². The Kier molecular flexibility index (Phi) is 6.77. The van der Waals surface area contributed by atoms with Crippen molar-refractivity contribution < 1.29 is 14.3 Å². The topological polar surface area (TPSA) is 56.6 Å². The molecule has 0 bridgehead atoms. The molecule has 6 nitrogen and oxygen atoms in total. The fourth-order valence-electron chi connectivity index (χ4n) is 3.34. The van der Waals surface area contributed by atoms with Gasteiger partial charge in [0.1, 0.15) is 0 Å². The van der Waals surface area contributed by atoms with Crippen LogP contribution in [0.15, 0.2) is 54.6 Å². The largest absolute Gasteiger partial charge is 0.493 e. The van der Waals surface area contributed by atoms with Crippen molar-refractivity contribution >= 4 is 5.91 Å². The lowest BCUT2D eigenvalue weighted by Crippen LogP contribution is -2.36. The number of aryl methyl sites for hydroxylation is 1. The number of rotatable bonds is 8. The Morgan fingerprint density at radius 2 is 1.73 bits per heavy atom. The number of aromatic nitrogens is 2. The van der Waals surface area contributed by atoms with E-state index in [1.165, 1.54) is 0 Å². The van der Waals surface area contributed by atoms with Crippen molar-refractivity contribution in [1.82, 2.24) is 14.7 Å². The van der Waals surface area contributed by atoms with Crippen molar-refractivity contribution in [3.63, 3.8) is 0 Å². The van der Waals surface area contributed by atoms with Crippen LogP contribution in [0.4, 0.5) is 0 Å². The summed E-state index contributed by atoms with van der Waals surface area (Å²) in [6, 6.07) is 17.4. The van der Waals surface area contributed by atoms with Crippen molar-refractivity contribution in [2.75, 3.05) is 7.11 Å². The predicted octanol–water partition coefficient (Wildman–Crippen LogP) is 5.13. The Morgan fingerprint density at radius 1 is 1.10 bits per heavy atom. The fourth-order valence-corrected chi connectivity index (χ4v) is 3.34. The van der Waals surface area contributed by atoms with Gasteiger partial charge in [-0.2, -0.15) is 5.10 Å². The average molecular weight is 408 g/mol. The third-order valence-corrected chi connectivity index (χ3v) is 5.27. The monoisotopic (exact) mass is 407 g/mol. The summed E-state index contributed by atoms with van der Waals surface area (Å²) in [7, 11) is 1.61. The summed E-state index contributed by atoms with van der Waals surface area (Å²) in [6.07, 6.45) is 0.869. The number of hydrogen-bond acceptors (Lipinski definition) is 4. The van der Waals surface area contributed by atoms with Gasteiger partial charge in [0.2, 0.25) is 11.8 Å². The molecule has 1 amide bonds. The second kappa shape index (κ2) is 9.48. The maximum atomic E-state index is 12.3. The van der Waals surface area contributed by atoms with E-state index in [0.29, 0.717) is 23.9 Å². The van der Waals surface area contributed by atoms with E-state index in [1.807, 2.05) is 66.4 Å². The molecule has 3 rings (SSSR count). The highest BCUT2D eigenvalue weighted by molar-refractivity contribution is 5.73. The third-order valence-electron chi connectivity index (χ3n) is 5.27. The summed E-state index contributed by atoms with van der Waals surface area (Å²) in [4.78, 5) is 14.2. The van der Waals surface area contributed by atoms with Gasteiger partial charge >= 0.3 is 0 Å². The van der Waals surface area contributed by atoms with E-state index in [9.17, 15) is 4.79 Å². The Labute approximate surface area is 178 Å². The van der Waals surface area contributed by atoms with Crippen LogP contribution in [0.5, 0.6) is 17.4 Å². The molecule has 0 saturated carbocycles. The first-order chi connectivity index (χ1) is 14.5. The summed E-state index contributed by atoms with van der Waals surface area (Å²) in [5, 5.41) is 4.74. The number of hydrogen-bond donors (Lipinski definition) is 0. The van der Waals surface area contributed by atoms with Gasteiger partial charge in [-0.05, 0) is 44.5 Å². The van der Waals surface area contributed by atoms with Crippen molar-refractivity contribution in [3.8, 4) is 23.1 Å². The van der Waals surface area contributed by atoms with Crippen LogP contribution < -0.4 is 9.47 Å².